The van der Waals surface area contributed by atoms with Gasteiger partial charge in [0, 0.05) is 0 Å². The highest BCUT2D eigenvalue weighted by atomic mass is 16.5. The Hall–Kier alpha value is -2.13. The van der Waals surface area contributed by atoms with Gasteiger partial charge < -0.3 is 0 Å². The van der Waals surface area contributed by atoms with Crippen molar-refractivity contribution in [3.8, 4) is 0 Å². The first-order valence-electron chi connectivity index (χ1n) is 5.78. The van der Waals surface area contributed by atoms with Crippen molar-refractivity contribution in [2.75, 3.05) is 0 Å². The minimum Gasteiger partial charge on any atom is -0.289 e. The van der Waals surface area contributed by atoms with E-state index in [9.17, 15) is 4.79 Å². The monoisotopic (exact) mass is 241 g/mol. The maximum atomic E-state index is 11.8. The van der Waals surface area contributed by atoms with Gasteiger partial charge in [0.15, 0.2) is 0 Å². The van der Waals surface area contributed by atoms with Crippen molar-refractivity contribution in [2.45, 2.75) is 12.8 Å². The number of benzene rings is 2. The molecule has 3 nitrogen and oxygen atoms in total. The van der Waals surface area contributed by atoms with Crippen LogP contribution >= 0.6 is 0 Å². The minimum absolute atomic E-state index is 0.426. The Morgan fingerprint density at radius 3 is 2.11 bits per heavy atom. The summed E-state index contributed by atoms with van der Waals surface area (Å²) in [7, 11) is 0. The van der Waals surface area contributed by atoms with Crippen LogP contribution in [-0.4, -0.2) is 11.1 Å². The summed E-state index contributed by atoms with van der Waals surface area (Å²) in [5, 5.41) is 8.88. The van der Waals surface area contributed by atoms with Crippen LogP contribution in [0.2, 0.25) is 0 Å². The van der Waals surface area contributed by atoms with Gasteiger partial charge >= 0.3 is 0 Å². The summed E-state index contributed by atoms with van der Waals surface area (Å²) in [6.07, 6.45) is 0. The van der Waals surface area contributed by atoms with E-state index in [1.54, 1.807) is 5.48 Å². The maximum absolute atomic E-state index is 11.8. The van der Waals surface area contributed by atoms with E-state index in [-0.39, 0.29) is 0 Å². The van der Waals surface area contributed by atoms with E-state index in [4.69, 9.17) is 5.21 Å². The zero-order chi connectivity index (χ0) is 13.0. The summed E-state index contributed by atoms with van der Waals surface area (Å²) in [6.45, 7) is 1.99. The fraction of sp³-hybridized carbons (Fsp3) is 0.133. The third kappa shape index (κ3) is 2.57. The molecule has 1 atom stereocenters. The van der Waals surface area contributed by atoms with Gasteiger partial charge in [0.05, 0.1) is 5.92 Å². The van der Waals surface area contributed by atoms with Gasteiger partial charge in [0.1, 0.15) is 0 Å². The molecule has 0 bridgehead atoms. The van der Waals surface area contributed by atoms with Crippen molar-refractivity contribution in [2.24, 2.45) is 0 Å². The second-order valence-electron chi connectivity index (χ2n) is 4.23. The molecule has 18 heavy (non-hydrogen) atoms. The van der Waals surface area contributed by atoms with Crippen LogP contribution in [0.4, 0.5) is 0 Å². The van der Waals surface area contributed by atoms with Gasteiger partial charge in [-0.25, -0.2) is 5.48 Å². The summed E-state index contributed by atoms with van der Waals surface area (Å²) in [4.78, 5) is 11.8. The van der Waals surface area contributed by atoms with Gasteiger partial charge in [0.2, 0.25) is 0 Å². The molecule has 0 aliphatic carbocycles. The fourth-order valence-electron chi connectivity index (χ4n) is 1.96. The molecule has 0 spiro atoms. The number of nitrogens with one attached hydrogen (secondary N) is 1. The molecule has 0 aliphatic heterocycles. The lowest BCUT2D eigenvalue weighted by molar-refractivity contribution is -0.129. The number of carbonyl (C=O) groups excluding carboxylic acids is 1. The van der Waals surface area contributed by atoms with E-state index in [1.807, 2.05) is 61.5 Å². The number of amides is 1. The van der Waals surface area contributed by atoms with Gasteiger partial charge in [-0.05, 0) is 18.1 Å². The third-order valence-electron chi connectivity index (χ3n) is 2.92. The molecule has 1 amide bonds. The normalized spacial score (nSPS) is 11.9. The Balaban J connectivity index is 2.43. The Morgan fingerprint density at radius 2 is 1.56 bits per heavy atom. The number of hydrogen-bond acceptors (Lipinski definition) is 2. The first kappa shape index (κ1) is 12.3. The van der Waals surface area contributed by atoms with Crippen molar-refractivity contribution >= 4 is 5.91 Å². The molecule has 2 aromatic rings. The van der Waals surface area contributed by atoms with Crippen LogP contribution < -0.4 is 5.48 Å². The van der Waals surface area contributed by atoms with Crippen molar-refractivity contribution in [3.05, 3.63) is 71.3 Å². The second-order valence-corrected chi connectivity index (χ2v) is 4.23. The average Bonchev–Trinajstić information content (AvgIpc) is 2.42. The predicted octanol–water partition coefficient (Wildman–Crippen LogP) is 2.63. The standard InChI is InChI=1S/C15H15NO2/c1-11-7-9-13(10-8-11)14(15(17)16-18)12-5-3-2-4-6-12/h2-10,14,18H,1H3,(H,16,17). The average molecular weight is 241 g/mol. The van der Waals surface area contributed by atoms with Crippen LogP contribution in [0.3, 0.4) is 0 Å². The molecule has 0 radical (unpaired) electrons. The van der Waals surface area contributed by atoms with Crippen molar-refractivity contribution < 1.29 is 10.0 Å². The van der Waals surface area contributed by atoms with Gasteiger partial charge in [-0.1, -0.05) is 60.2 Å². The predicted molar refractivity (Wildman–Crippen MR) is 69.4 cm³/mol. The summed E-state index contributed by atoms with van der Waals surface area (Å²) < 4.78 is 0. The highest BCUT2D eigenvalue weighted by Crippen LogP contribution is 2.24. The van der Waals surface area contributed by atoms with Crippen LogP contribution in [0, 0.1) is 6.92 Å². The van der Waals surface area contributed by atoms with Crippen LogP contribution in [-0.2, 0) is 4.79 Å². The minimum atomic E-state index is -0.489. The fourth-order valence-corrected chi connectivity index (χ4v) is 1.96. The summed E-state index contributed by atoms with van der Waals surface area (Å²) >= 11 is 0. The number of rotatable bonds is 3. The van der Waals surface area contributed by atoms with E-state index in [2.05, 4.69) is 0 Å². The quantitative estimate of drug-likeness (QED) is 0.641. The Morgan fingerprint density at radius 1 is 1.00 bits per heavy atom. The molecule has 0 saturated carbocycles. The molecular formula is C15H15NO2. The van der Waals surface area contributed by atoms with Gasteiger partial charge in [0.25, 0.3) is 5.91 Å². The van der Waals surface area contributed by atoms with Crippen molar-refractivity contribution in [3.63, 3.8) is 0 Å². The Bertz CT molecular complexity index is 520. The van der Waals surface area contributed by atoms with Crippen LogP contribution in [0.5, 0.6) is 0 Å². The van der Waals surface area contributed by atoms with E-state index in [0.29, 0.717) is 0 Å². The zero-order valence-electron chi connectivity index (χ0n) is 10.1. The molecule has 2 rings (SSSR count). The molecule has 3 heteroatoms. The molecule has 0 heterocycles. The molecule has 0 saturated heterocycles. The van der Waals surface area contributed by atoms with Crippen molar-refractivity contribution in [1.29, 1.82) is 0 Å². The lowest BCUT2D eigenvalue weighted by atomic mass is 9.90. The lowest BCUT2D eigenvalue weighted by Gasteiger charge is -2.15. The number of hydroxylamine groups is 1. The topological polar surface area (TPSA) is 49.3 Å². The maximum Gasteiger partial charge on any atom is 0.255 e. The van der Waals surface area contributed by atoms with E-state index in [0.717, 1.165) is 16.7 Å². The summed E-state index contributed by atoms with van der Waals surface area (Å²) in [5.74, 6) is -0.915. The van der Waals surface area contributed by atoms with Gasteiger partial charge in [-0.3, -0.25) is 10.0 Å². The molecule has 2 aromatic carbocycles. The van der Waals surface area contributed by atoms with Gasteiger partial charge in [-0.15, -0.1) is 0 Å². The third-order valence-corrected chi connectivity index (χ3v) is 2.92. The zero-order valence-corrected chi connectivity index (χ0v) is 10.1. The molecule has 1 unspecified atom stereocenters. The molecule has 92 valence electrons. The highest BCUT2D eigenvalue weighted by molar-refractivity contribution is 5.86. The summed E-state index contributed by atoms with van der Waals surface area (Å²) in [6, 6.07) is 17.1. The first-order valence-corrected chi connectivity index (χ1v) is 5.78. The molecule has 0 fully saturated rings. The Kier molecular flexibility index (Phi) is 3.75. The summed E-state index contributed by atoms with van der Waals surface area (Å²) in [5.41, 5.74) is 4.59. The van der Waals surface area contributed by atoms with E-state index in [1.165, 1.54) is 0 Å². The molecular weight excluding hydrogens is 226 g/mol. The molecule has 2 N–H and O–H groups in total. The molecule has 0 aromatic heterocycles. The number of hydrogen-bond donors (Lipinski definition) is 2. The SMILES string of the molecule is Cc1ccc(C(C(=O)NO)c2ccccc2)cc1. The van der Waals surface area contributed by atoms with E-state index >= 15 is 0 Å². The van der Waals surface area contributed by atoms with Crippen LogP contribution in [0.25, 0.3) is 0 Å². The first-order chi connectivity index (χ1) is 8.72. The van der Waals surface area contributed by atoms with Crippen molar-refractivity contribution in [1.82, 2.24) is 5.48 Å². The number of aryl methyl sites for hydroxylation is 1. The van der Waals surface area contributed by atoms with Crippen LogP contribution in [0.15, 0.2) is 54.6 Å². The second kappa shape index (κ2) is 5.47. The van der Waals surface area contributed by atoms with Gasteiger partial charge in [-0.2, -0.15) is 0 Å². The molecule has 0 aliphatic rings. The Labute approximate surface area is 106 Å². The smallest absolute Gasteiger partial charge is 0.255 e. The van der Waals surface area contributed by atoms with Crippen LogP contribution in [0.1, 0.15) is 22.6 Å². The highest BCUT2D eigenvalue weighted by Gasteiger charge is 2.21. The lowest BCUT2D eigenvalue weighted by Crippen LogP contribution is -2.27. The van der Waals surface area contributed by atoms with E-state index < -0.39 is 11.8 Å². The largest absolute Gasteiger partial charge is 0.289 e. The number of carbonyl (C=O) groups is 1.